The van der Waals surface area contributed by atoms with Gasteiger partial charge in [-0.1, -0.05) is 25.1 Å². The Morgan fingerprint density at radius 1 is 1.37 bits per heavy atom. The van der Waals surface area contributed by atoms with Crippen molar-refractivity contribution in [2.45, 2.75) is 25.8 Å². The summed E-state index contributed by atoms with van der Waals surface area (Å²) >= 11 is 0. The molecular formula is C15H21N3O. The number of para-hydroxylation sites is 1. The Hall–Kier alpha value is -1.81. The predicted octanol–water partition coefficient (Wildman–Crippen LogP) is 2.45. The van der Waals surface area contributed by atoms with Crippen LogP contribution >= 0.6 is 0 Å². The molecule has 4 nitrogen and oxygen atoms in total. The lowest BCUT2D eigenvalue weighted by molar-refractivity contribution is 0.316. The van der Waals surface area contributed by atoms with Crippen molar-refractivity contribution in [2.24, 2.45) is 12.8 Å². The second-order valence-electron chi connectivity index (χ2n) is 4.67. The van der Waals surface area contributed by atoms with Crippen molar-refractivity contribution in [2.75, 3.05) is 6.61 Å². The minimum absolute atomic E-state index is 0.0367. The molecule has 2 aromatic rings. The van der Waals surface area contributed by atoms with Crippen LogP contribution in [0.3, 0.4) is 0 Å². The molecule has 0 fully saturated rings. The SMILES string of the molecule is CC[C@@H](N)c1ccccc1OCCc1cnn(C)c1. The highest BCUT2D eigenvalue weighted by molar-refractivity contribution is 5.35. The lowest BCUT2D eigenvalue weighted by Gasteiger charge is -2.15. The maximum absolute atomic E-state index is 6.09. The van der Waals surface area contributed by atoms with Crippen LogP contribution in [0.4, 0.5) is 0 Å². The van der Waals surface area contributed by atoms with E-state index >= 15 is 0 Å². The van der Waals surface area contributed by atoms with Crippen LogP contribution < -0.4 is 10.5 Å². The monoisotopic (exact) mass is 259 g/mol. The van der Waals surface area contributed by atoms with Gasteiger partial charge in [0.05, 0.1) is 12.8 Å². The van der Waals surface area contributed by atoms with Crippen molar-refractivity contribution in [3.8, 4) is 5.75 Å². The van der Waals surface area contributed by atoms with Gasteiger partial charge in [0.25, 0.3) is 0 Å². The van der Waals surface area contributed by atoms with Gasteiger partial charge in [0.15, 0.2) is 0 Å². The normalized spacial score (nSPS) is 12.4. The van der Waals surface area contributed by atoms with E-state index < -0.39 is 0 Å². The van der Waals surface area contributed by atoms with Gasteiger partial charge in [-0.3, -0.25) is 4.68 Å². The largest absolute Gasteiger partial charge is 0.493 e. The van der Waals surface area contributed by atoms with Crippen LogP contribution in [0.25, 0.3) is 0 Å². The summed E-state index contributed by atoms with van der Waals surface area (Å²) in [5.74, 6) is 0.890. The first-order valence-electron chi connectivity index (χ1n) is 6.65. The third-order valence-corrected chi connectivity index (χ3v) is 3.16. The fourth-order valence-corrected chi connectivity index (χ4v) is 2.02. The van der Waals surface area contributed by atoms with Crippen LogP contribution in [0.1, 0.15) is 30.5 Å². The first-order valence-corrected chi connectivity index (χ1v) is 6.65. The molecule has 0 radical (unpaired) electrons. The molecule has 0 unspecified atom stereocenters. The van der Waals surface area contributed by atoms with Gasteiger partial charge in [-0.25, -0.2) is 0 Å². The van der Waals surface area contributed by atoms with Crippen molar-refractivity contribution < 1.29 is 4.74 Å². The van der Waals surface area contributed by atoms with E-state index in [2.05, 4.69) is 12.0 Å². The molecule has 1 heterocycles. The summed E-state index contributed by atoms with van der Waals surface area (Å²) in [4.78, 5) is 0. The van der Waals surface area contributed by atoms with Gasteiger partial charge >= 0.3 is 0 Å². The highest BCUT2D eigenvalue weighted by atomic mass is 16.5. The lowest BCUT2D eigenvalue weighted by Crippen LogP contribution is -2.11. The standard InChI is InChI=1S/C15H21N3O/c1-3-14(16)13-6-4-5-7-15(13)19-9-8-12-10-17-18(2)11-12/h4-7,10-11,14H,3,8-9,16H2,1-2H3/t14-/m1/s1. The molecule has 19 heavy (non-hydrogen) atoms. The summed E-state index contributed by atoms with van der Waals surface area (Å²) in [7, 11) is 1.92. The number of hydrogen-bond acceptors (Lipinski definition) is 3. The molecule has 1 aromatic carbocycles. The average Bonchev–Trinajstić information content (AvgIpc) is 2.84. The number of nitrogens with two attached hydrogens (primary N) is 1. The number of benzene rings is 1. The Morgan fingerprint density at radius 2 is 2.16 bits per heavy atom. The van der Waals surface area contributed by atoms with Gasteiger partial charge in [-0.05, 0) is 18.1 Å². The summed E-state index contributed by atoms with van der Waals surface area (Å²) < 4.78 is 7.66. The van der Waals surface area contributed by atoms with Crippen LogP contribution in [-0.4, -0.2) is 16.4 Å². The number of hydrogen-bond donors (Lipinski definition) is 1. The van der Waals surface area contributed by atoms with Gasteiger partial charge in [0, 0.05) is 31.3 Å². The number of ether oxygens (including phenoxy) is 1. The van der Waals surface area contributed by atoms with Crippen molar-refractivity contribution in [1.82, 2.24) is 9.78 Å². The van der Waals surface area contributed by atoms with Crippen molar-refractivity contribution in [1.29, 1.82) is 0 Å². The van der Waals surface area contributed by atoms with E-state index in [1.54, 1.807) is 4.68 Å². The molecule has 0 bridgehead atoms. The second kappa shape index (κ2) is 6.38. The molecule has 4 heteroatoms. The molecule has 0 amide bonds. The molecule has 0 spiro atoms. The van der Waals surface area contributed by atoms with Crippen LogP contribution in [0, 0.1) is 0 Å². The van der Waals surface area contributed by atoms with Crippen LogP contribution in [0.5, 0.6) is 5.75 Å². The minimum Gasteiger partial charge on any atom is -0.493 e. The number of aryl methyl sites for hydroxylation is 1. The highest BCUT2D eigenvalue weighted by Crippen LogP contribution is 2.25. The van der Waals surface area contributed by atoms with E-state index in [1.165, 1.54) is 5.56 Å². The molecular weight excluding hydrogens is 238 g/mol. The van der Waals surface area contributed by atoms with E-state index in [0.29, 0.717) is 6.61 Å². The number of aromatic nitrogens is 2. The van der Waals surface area contributed by atoms with E-state index in [-0.39, 0.29) is 6.04 Å². The fourth-order valence-electron chi connectivity index (χ4n) is 2.02. The van der Waals surface area contributed by atoms with Crippen molar-refractivity contribution in [3.05, 3.63) is 47.8 Å². The molecule has 0 aliphatic carbocycles. The maximum Gasteiger partial charge on any atom is 0.124 e. The first kappa shape index (κ1) is 13.6. The molecule has 1 atom stereocenters. The van der Waals surface area contributed by atoms with E-state index in [0.717, 1.165) is 24.2 Å². The Bertz CT molecular complexity index is 522. The van der Waals surface area contributed by atoms with E-state index in [9.17, 15) is 0 Å². The zero-order valence-corrected chi connectivity index (χ0v) is 11.5. The summed E-state index contributed by atoms with van der Waals surface area (Å²) in [5.41, 5.74) is 8.35. The average molecular weight is 259 g/mol. The van der Waals surface area contributed by atoms with Gasteiger partial charge in [0.1, 0.15) is 5.75 Å². The van der Waals surface area contributed by atoms with Gasteiger partial charge in [-0.2, -0.15) is 5.10 Å². The fraction of sp³-hybridized carbons (Fsp3) is 0.400. The smallest absolute Gasteiger partial charge is 0.124 e. The van der Waals surface area contributed by atoms with E-state index in [4.69, 9.17) is 10.5 Å². The molecule has 0 saturated heterocycles. The molecule has 102 valence electrons. The number of rotatable bonds is 6. The van der Waals surface area contributed by atoms with Crippen LogP contribution in [0.2, 0.25) is 0 Å². The van der Waals surface area contributed by atoms with Crippen molar-refractivity contribution >= 4 is 0 Å². The van der Waals surface area contributed by atoms with Gasteiger partial charge < -0.3 is 10.5 Å². The molecule has 1 aromatic heterocycles. The quantitative estimate of drug-likeness (QED) is 0.867. The molecule has 0 aliphatic heterocycles. The summed E-state index contributed by atoms with van der Waals surface area (Å²) in [6.45, 7) is 2.72. The highest BCUT2D eigenvalue weighted by Gasteiger charge is 2.09. The zero-order valence-electron chi connectivity index (χ0n) is 11.5. The van der Waals surface area contributed by atoms with Crippen LogP contribution in [-0.2, 0) is 13.5 Å². The minimum atomic E-state index is 0.0367. The summed E-state index contributed by atoms with van der Waals surface area (Å²) in [6, 6.07) is 8.03. The molecule has 0 aliphatic rings. The molecule has 2 N–H and O–H groups in total. The Labute approximate surface area is 114 Å². The van der Waals surface area contributed by atoms with Crippen LogP contribution in [0.15, 0.2) is 36.7 Å². The topological polar surface area (TPSA) is 53.1 Å². The first-order chi connectivity index (χ1) is 9.20. The van der Waals surface area contributed by atoms with E-state index in [1.807, 2.05) is 43.7 Å². The molecule has 0 saturated carbocycles. The maximum atomic E-state index is 6.09. The Kier molecular flexibility index (Phi) is 4.58. The second-order valence-corrected chi connectivity index (χ2v) is 4.67. The summed E-state index contributed by atoms with van der Waals surface area (Å²) in [6.07, 6.45) is 5.63. The number of nitrogens with zero attached hydrogens (tertiary/aromatic N) is 2. The summed E-state index contributed by atoms with van der Waals surface area (Å²) in [5, 5.41) is 4.14. The molecule has 2 rings (SSSR count). The van der Waals surface area contributed by atoms with Crippen molar-refractivity contribution in [3.63, 3.8) is 0 Å². The van der Waals surface area contributed by atoms with Gasteiger partial charge in [0.2, 0.25) is 0 Å². The Morgan fingerprint density at radius 3 is 2.84 bits per heavy atom. The zero-order chi connectivity index (χ0) is 13.7. The Balaban J connectivity index is 1.95. The predicted molar refractivity (Wildman–Crippen MR) is 76.1 cm³/mol. The third kappa shape index (κ3) is 3.58. The lowest BCUT2D eigenvalue weighted by atomic mass is 10.0. The van der Waals surface area contributed by atoms with Gasteiger partial charge in [-0.15, -0.1) is 0 Å². The third-order valence-electron chi connectivity index (χ3n) is 3.16.